The number of rotatable bonds is 6. The topological polar surface area (TPSA) is 63.0 Å². The predicted octanol–water partition coefficient (Wildman–Crippen LogP) is 0.663. The molecule has 2 heterocycles. The molecule has 0 spiro atoms. The number of nitrogens with zero attached hydrogens (tertiary/aromatic N) is 3. The smallest absolute Gasteiger partial charge is 0.101 e. The molecule has 0 saturated carbocycles. The Balaban J connectivity index is 1.65. The average Bonchev–Trinajstić information content (AvgIpc) is 2.96. The number of aromatic nitrogens is 3. The van der Waals surface area contributed by atoms with Crippen LogP contribution in [0.5, 0.6) is 0 Å². The molecule has 0 aliphatic carbocycles. The highest BCUT2D eigenvalue weighted by molar-refractivity contribution is 7.10. The minimum atomic E-state index is -0.421. The van der Waals surface area contributed by atoms with Gasteiger partial charge in [-0.3, -0.25) is 4.68 Å². The molecule has 0 aliphatic rings. The lowest BCUT2D eigenvalue weighted by Gasteiger charge is -2.09. The summed E-state index contributed by atoms with van der Waals surface area (Å²) >= 11 is 1.57. The fourth-order valence-electron chi connectivity index (χ4n) is 1.37. The number of hydrogen-bond acceptors (Lipinski definition) is 5. The van der Waals surface area contributed by atoms with Crippen molar-refractivity contribution in [1.82, 2.24) is 20.3 Å². The quantitative estimate of drug-likeness (QED) is 0.726. The molecule has 0 radical (unpaired) electrons. The van der Waals surface area contributed by atoms with E-state index in [2.05, 4.69) is 15.6 Å². The Kier molecular flexibility index (Phi) is 4.03. The van der Waals surface area contributed by atoms with Gasteiger partial charge in [-0.2, -0.15) is 0 Å². The zero-order valence-electron chi connectivity index (χ0n) is 8.78. The molecule has 2 rings (SSSR count). The average molecular weight is 238 g/mol. The lowest BCUT2D eigenvalue weighted by atomic mass is 10.3. The van der Waals surface area contributed by atoms with Crippen LogP contribution in [0.4, 0.5) is 0 Å². The highest BCUT2D eigenvalue weighted by Gasteiger charge is 2.06. The van der Waals surface area contributed by atoms with E-state index in [9.17, 15) is 5.11 Å². The van der Waals surface area contributed by atoms with Crippen LogP contribution in [0.3, 0.4) is 0 Å². The molecular weight excluding hydrogens is 224 g/mol. The van der Waals surface area contributed by atoms with Crippen LogP contribution in [0.1, 0.15) is 11.0 Å². The van der Waals surface area contributed by atoms with Crippen molar-refractivity contribution < 1.29 is 5.11 Å². The van der Waals surface area contributed by atoms with E-state index >= 15 is 0 Å². The van der Waals surface area contributed by atoms with Crippen molar-refractivity contribution in [3.05, 3.63) is 34.8 Å². The maximum Gasteiger partial charge on any atom is 0.101 e. The summed E-state index contributed by atoms with van der Waals surface area (Å²) in [5, 5.41) is 22.5. The van der Waals surface area contributed by atoms with Gasteiger partial charge < -0.3 is 10.4 Å². The molecule has 1 unspecified atom stereocenters. The molecule has 2 aromatic rings. The molecule has 2 N–H and O–H groups in total. The molecule has 0 aromatic carbocycles. The number of nitrogens with one attached hydrogen (secondary N) is 1. The summed E-state index contributed by atoms with van der Waals surface area (Å²) in [6.45, 7) is 2.10. The Bertz CT molecular complexity index is 387. The first-order chi connectivity index (χ1) is 7.86. The lowest BCUT2D eigenvalue weighted by Crippen LogP contribution is -2.25. The van der Waals surface area contributed by atoms with Gasteiger partial charge in [-0.15, -0.1) is 16.4 Å². The van der Waals surface area contributed by atoms with Gasteiger partial charge in [0.1, 0.15) is 6.10 Å². The van der Waals surface area contributed by atoms with Gasteiger partial charge in [-0.05, 0) is 11.4 Å². The minimum Gasteiger partial charge on any atom is -0.386 e. The van der Waals surface area contributed by atoms with E-state index in [4.69, 9.17) is 0 Å². The Morgan fingerprint density at radius 2 is 2.50 bits per heavy atom. The summed E-state index contributed by atoms with van der Waals surface area (Å²) in [6, 6.07) is 3.88. The van der Waals surface area contributed by atoms with Crippen LogP contribution < -0.4 is 5.32 Å². The maximum absolute atomic E-state index is 9.78. The molecule has 0 saturated heterocycles. The second-order valence-corrected chi connectivity index (χ2v) is 4.38. The van der Waals surface area contributed by atoms with E-state index < -0.39 is 6.10 Å². The third kappa shape index (κ3) is 3.13. The molecular formula is C10H14N4OS. The second kappa shape index (κ2) is 5.74. The van der Waals surface area contributed by atoms with Crippen molar-refractivity contribution in [1.29, 1.82) is 0 Å². The third-order valence-electron chi connectivity index (χ3n) is 2.20. The van der Waals surface area contributed by atoms with Crippen LogP contribution in [0.15, 0.2) is 29.9 Å². The van der Waals surface area contributed by atoms with Crippen LogP contribution in [-0.2, 0) is 6.54 Å². The summed E-state index contributed by atoms with van der Waals surface area (Å²) in [7, 11) is 0. The normalized spacial score (nSPS) is 12.8. The highest BCUT2D eigenvalue weighted by Crippen LogP contribution is 2.17. The molecule has 5 nitrogen and oxygen atoms in total. The van der Waals surface area contributed by atoms with Crippen molar-refractivity contribution >= 4 is 11.3 Å². The monoisotopic (exact) mass is 238 g/mol. The predicted molar refractivity (Wildman–Crippen MR) is 62.2 cm³/mol. The lowest BCUT2D eigenvalue weighted by molar-refractivity contribution is 0.178. The number of aliphatic hydroxyl groups is 1. The number of thiophene rings is 1. The van der Waals surface area contributed by atoms with Crippen LogP contribution in [0, 0.1) is 0 Å². The van der Waals surface area contributed by atoms with E-state index in [1.165, 1.54) is 0 Å². The zero-order chi connectivity index (χ0) is 11.2. The first kappa shape index (κ1) is 11.3. The van der Waals surface area contributed by atoms with Gasteiger partial charge in [0.05, 0.1) is 12.7 Å². The van der Waals surface area contributed by atoms with E-state index in [0.29, 0.717) is 6.54 Å². The van der Waals surface area contributed by atoms with Crippen LogP contribution >= 0.6 is 11.3 Å². The molecule has 86 valence electrons. The van der Waals surface area contributed by atoms with Gasteiger partial charge in [-0.25, -0.2) is 0 Å². The maximum atomic E-state index is 9.78. The molecule has 0 fully saturated rings. The standard InChI is InChI=1S/C10H14N4OS/c15-9(10-2-1-7-16-10)8-11-3-5-14-6-4-12-13-14/h1-2,4,6-7,9,11,15H,3,5,8H2. The van der Waals surface area contributed by atoms with Crippen LogP contribution in [0.25, 0.3) is 0 Å². The Labute approximate surface area is 97.7 Å². The summed E-state index contributed by atoms with van der Waals surface area (Å²) in [6.07, 6.45) is 3.05. The van der Waals surface area contributed by atoms with Crippen molar-refractivity contribution in [3.63, 3.8) is 0 Å². The van der Waals surface area contributed by atoms with Crippen LogP contribution in [-0.4, -0.2) is 33.2 Å². The SMILES string of the molecule is OC(CNCCn1ccnn1)c1cccs1. The van der Waals surface area contributed by atoms with Crippen molar-refractivity contribution in [2.24, 2.45) is 0 Å². The fourth-order valence-corrected chi connectivity index (χ4v) is 2.08. The first-order valence-corrected chi connectivity index (χ1v) is 6.00. The highest BCUT2D eigenvalue weighted by atomic mass is 32.1. The van der Waals surface area contributed by atoms with Crippen LogP contribution in [0.2, 0.25) is 0 Å². The van der Waals surface area contributed by atoms with Crippen molar-refractivity contribution in [3.8, 4) is 0 Å². The van der Waals surface area contributed by atoms with E-state index in [1.807, 2.05) is 23.7 Å². The number of hydrogen-bond donors (Lipinski definition) is 2. The molecule has 0 amide bonds. The molecule has 0 bridgehead atoms. The Morgan fingerprint density at radius 1 is 1.56 bits per heavy atom. The van der Waals surface area contributed by atoms with Gasteiger partial charge in [0.2, 0.25) is 0 Å². The largest absolute Gasteiger partial charge is 0.386 e. The van der Waals surface area contributed by atoms with E-state index in [0.717, 1.165) is 18.0 Å². The van der Waals surface area contributed by atoms with Gasteiger partial charge in [0, 0.05) is 24.2 Å². The molecule has 16 heavy (non-hydrogen) atoms. The minimum absolute atomic E-state index is 0.421. The Morgan fingerprint density at radius 3 is 3.19 bits per heavy atom. The van der Waals surface area contributed by atoms with Crippen molar-refractivity contribution in [2.75, 3.05) is 13.1 Å². The molecule has 1 atom stereocenters. The molecule has 6 heteroatoms. The summed E-state index contributed by atoms with van der Waals surface area (Å²) in [5.41, 5.74) is 0. The van der Waals surface area contributed by atoms with Gasteiger partial charge in [0.15, 0.2) is 0 Å². The van der Waals surface area contributed by atoms with E-state index in [-0.39, 0.29) is 0 Å². The molecule has 0 aliphatic heterocycles. The van der Waals surface area contributed by atoms with E-state index in [1.54, 1.807) is 22.2 Å². The summed E-state index contributed by atoms with van der Waals surface area (Å²) in [4.78, 5) is 0.994. The van der Waals surface area contributed by atoms with Gasteiger partial charge in [0.25, 0.3) is 0 Å². The molecule has 2 aromatic heterocycles. The fraction of sp³-hybridized carbons (Fsp3) is 0.400. The summed E-state index contributed by atoms with van der Waals surface area (Å²) in [5.74, 6) is 0. The van der Waals surface area contributed by atoms with Gasteiger partial charge >= 0.3 is 0 Å². The zero-order valence-corrected chi connectivity index (χ0v) is 9.60. The Hall–Kier alpha value is -1.24. The van der Waals surface area contributed by atoms with Crippen molar-refractivity contribution in [2.45, 2.75) is 12.6 Å². The first-order valence-electron chi connectivity index (χ1n) is 5.12. The third-order valence-corrected chi connectivity index (χ3v) is 3.17. The number of aliphatic hydroxyl groups excluding tert-OH is 1. The summed E-state index contributed by atoms with van der Waals surface area (Å²) < 4.78 is 1.75. The second-order valence-electron chi connectivity index (χ2n) is 3.40. The van der Waals surface area contributed by atoms with Gasteiger partial charge in [-0.1, -0.05) is 11.3 Å².